The van der Waals surface area contributed by atoms with Crippen LogP contribution in [0.1, 0.15) is 44.4 Å². The van der Waals surface area contributed by atoms with Crippen LogP contribution in [0.5, 0.6) is 5.75 Å². The predicted molar refractivity (Wildman–Crippen MR) is 115 cm³/mol. The average molecular weight is 411 g/mol. The molecule has 160 valence electrons. The summed E-state index contributed by atoms with van der Waals surface area (Å²) < 4.78 is 5.65. The summed E-state index contributed by atoms with van der Waals surface area (Å²) in [6.45, 7) is 9.89. The summed E-state index contributed by atoms with van der Waals surface area (Å²) >= 11 is 0. The van der Waals surface area contributed by atoms with Gasteiger partial charge in [-0.25, -0.2) is 4.79 Å². The lowest BCUT2D eigenvalue weighted by Gasteiger charge is -2.23. The van der Waals surface area contributed by atoms with Gasteiger partial charge in [-0.15, -0.1) is 0 Å². The molecule has 1 fully saturated rings. The van der Waals surface area contributed by atoms with Crippen LogP contribution in [0.4, 0.5) is 4.79 Å². The summed E-state index contributed by atoms with van der Waals surface area (Å²) in [5.74, 6) is 0.244. The molecule has 0 bridgehead atoms. The van der Waals surface area contributed by atoms with Crippen molar-refractivity contribution in [1.29, 1.82) is 0 Å². The highest BCUT2D eigenvalue weighted by Gasteiger charge is 2.49. The molecule has 6 nitrogen and oxygen atoms in total. The van der Waals surface area contributed by atoms with Crippen LogP contribution in [0.2, 0.25) is 0 Å². The Morgan fingerprint density at radius 3 is 2.23 bits per heavy atom. The van der Waals surface area contributed by atoms with Gasteiger partial charge in [-0.2, -0.15) is 0 Å². The van der Waals surface area contributed by atoms with Gasteiger partial charge in [0.05, 0.1) is 6.54 Å². The minimum atomic E-state index is -1.14. The molecular weight excluding hydrogens is 380 g/mol. The molecule has 0 unspecified atom stereocenters. The lowest BCUT2D eigenvalue weighted by Crippen LogP contribution is -2.42. The summed E-state index contributed by atoms with van der Waals surface area (Å²) in [7, 11) is 0. The molecule has 0 aliphatic carbocycles. The minimum Gasteiger partial charge on any atom is -0.491 e. The van der Waals surface area contributed by atoms with E-state index >= 15 is 0 Å². The standard InChI is InChI=1S/C24H30N2O4/c1-16-6-8-18(9-7-16)24(5)21(28)26(22(29)25-24)14-19(27)15-30-20-12-10-17(11-13-20)23(2,3)4/h6-13,19,27H,14-15H2,1-5H3,(H,25,29)/t19-,24+/m1/s1. The van der Waals surface area contributed by atoms with E-state index in [1.54, 1.807) is 6.92 Å². The van der Waals surface area contributed by atoms with Gasteiger partial charge in [-0.1, -0.05) is 62.7 Å². The van der Waals surface area contributed by atoms with Gasteiger partial charge in [0.25, 0.3) is 5.91 Å². The Morgan fingerprint density at radius 2 is 1.67 bits per heavy atom. The number of aliphatic hydroxyl groups excluding tert-OH is 1. The molecule has 1 saturated heterocycles. The minimum absolute atomic E-state index is 0.0207. The Morgan fingerprint density at radius 1 is 1.07 bits per heavy atom. The van der Waals surface area contributed by atoms with Gasteiger partial charge in [0, 0.05) is 0 Å². The average Bonchev–Trinajstić information content (AvgIpc) is 2.90. The van der Waals surface area contributed by atoms with Gasteiger partial charge >= 0.3 is 6.03 Å². The van der Waals surface area contributed by atoms with Crippen molar-refractivity contribution in [3.05, 3.63) is 65.2 Å². The van der Waals surface area contributed by atoms with Crippen molar-refractivity contribution in [2.24, 2.45) is 0 Å². The number of benzene rings is 2. The zero-order valence-corrected chi connectivity index (χ0v) is 18.2. The number of carbonyl (C=O) groups is 2. The second kappa shape index (κ2) is 8.11. The van der Waals surface area contributed by atoms with Crippen LogP contribution in [0.15, 0.2) is 48.5 Å². The summed E-state index contributed by atoms with van der Waals surface area (Å²) in [5, 5.41) is 13.1. The van der Waals surface area contributed by atoms with Crippen molar-refractivity contribution in [2.75, 3.05) is 13.2 Å². The van der Waals surface area contributed by atoms with Crippen molar-refractivity contribution in [1.82, 2.24) is 10.2 Å². The maximum absolute atomic E-state index is 13.0. The van der Waals surface area contributed by atoms with Gasteiger partial charge in [0.1, 0.15) is 24.0 Å². The van der Waals surface area contributed by atoms with E-state index in [9.17, 15) is 14.7 Å². The fourth-order valence-corrected chi connectivity index (χ4v) is 3.45. The zero-order valence-electron chi connectivity index (χ0n) is 18.2. The van der Waals surface area contributed by atoms with Gasteiger partial charge < -0.3 is 15.2 Å². The zero-order chi connectivity index (χ0) is 22.1. The van der Waals surface area contributed by atoms with Crippen LogP contribution in [-0.4, -0.2) is 41.2 Å². The van der Waals surface area contributed by atoms with E-state index in [4.69, 9.17) is 4.74 Å². The number of hydrogen-bond acceptors (Lipinski definition) is 4. The van der Waals surface area contributed by atoms with Crippen LogP contribution in [-0.2, 0) is 15.7 Å². The molecule has 0 radical (unpaired) electrons. The molecule has 2 aromatic rings. The lowest BCUT2D eigenvalue weighted by molar-refractivity contribution is -0.132. The fraction of sp³-hybridized carbons (Fsp3) is 0.417. The highest BCUT2D eigenvalue weighted by molar-refractivity contribution is 6.07. The third kappa shape index (κ3) is 4.49. The quantitative estimate of drug-likeness (QED) is 0.715. The Kier molecular flexibility index (Phi) is 5.90. The largest absolute Gasteiger partial charge is 0.491 e. The first-order valence-corrected chi connectivity index (χ1v) is 10.1. The first kappa shape index (κ1) is 21.8. The summed E-state index contributed by atoms with van der Waals surface area (Å²) in [6, 6.07) is 14.6. The number of nitrogens with zero attached hydrogens (tertiary/aromatic N) is 1. The molecule has 0 spiro atoms. The van der Waals surface area contributed by atoms with Gasteiger partial charge in [0.15, 0.2) is 0 Å². The number of imide groups is 1. The molecular formula is C24H30N2O4. The topological polar surface area (TPSA) is 78.9 Å². The number of nitrogens with one attached hydrogen (secondary N) is 1. The first-order valence-electron chi connectivity index (χ1n) is 10.1. The molecule has 3 rings (SSSR count). The predicted octanol–water partition coefficient (Wildman–Crippen LogP) is 3.50. The maximum Gasteiger partial charge on any atom is 0.325 e. The van der Waals surface area contributed by atoms with E-state index in [-0.39, 0.29) is 24.5 Å². The normalized spacial score (nSPS) is 20.3. The Bertz CT molecular complexity index is 916. The molecule has 2 atom stereocenters. The highest BCUT2D eigenvalue weighted by atomic mass is 16.5. The second-order valence-electron chi connectivity index (χ2n) is 9.08. The molecule has 0 saturated carbocycles. The molecule has 3 amide bonds. The van der Waals surface area contributed by atoms with Crippen molar-refractivity contribution in [2.45, 2.75) is 51.7 Å². The number of aliphatic hydroxyl groups is 1. The number of rotatable bonds is 6. The molecule has 6 heteroatoms. The molecule has 30 heavy (non-hydrogen) atoms. The molecule has 1 aliphatic heterocycles. The van der Waals surface area contributed by atoms with E-state index in [1.807, 2.05) is 55.5 Å². The third-order valence-corrected chi connectivity index (χ3v) is 5.46. The van der Waals surface area contributed by atoms with Crippen LogP contribution in [0.25, 0.3) is 0 Å². The lowest BCUT2D eigenvalue weighted by atomic mass is 9.87. The number of hydrogen-bond donors (Lipinski definition) is 2. The number of carbonyl (C=O) groups excluding carboxylic acids is 2. The Balaban J connectivity index is 1.61. The summed E-state index contributed by atoms with van der Waals surface area (Å²) in [5.41, 5.74) is 1.86. The van der Waals surface area contributed by atoms with E-state index < -0.39 is 17.7 Å². The first-order chi connectivity index (χ1) is 14.0. The highest BCUT2D eigenvalue weighted by Crippen LogP contribution is 2.29. The molecule has 2 N–H and O–H groups in total. The van der Waals surface area contributed by atoms with Crippen molar-refractivity contribution < 1.29 is 19.4 Å². The number of β-amino-alcohol motifs (C(OH)–C–C–N with tert-alkyl or cyclic N) is 1. The van der Waals surface area contributed by atoms with E-state index in [2.05, 4.69) is 26.1 Å². The van der Waals surface area contributed by atoms with Crippen molar-refractivity contribution in [3.8, 4) is 5.75 Å². The van der Waals surface area contributed by atoms with E-state index in [1.165, 1.54) is 5.56 Å². The number of ether oxygens (including phenoxy) is 1. The van der Waals surface area contributed by atoms with E-state index in [0.29, 0.717) is 11.3 Å². The fourth-order valence-electron chi connectivity index (χ4n) is 3.45. The summed E-state index contributed by atoms with van der Waals surface area (Å²) in [6.07, 6.45) is -0.998. The molecule has 0 aromatic heterocycles. The van der Waals surface area contributed by atoms with Crippen LogP contribution >= 0.6 is 0 Å². The SMILES string of the molecule is Cc1ccc([C@]2(C)NC(=O)N(C[C@@H](O)COc3ccc(C(C)(C)C)cc3)C2=O)cc1. The van der Waals surface area contributed by atoms with Crippen LogP contribution < -0.4 is 10.1 Å². The Labute approximate surface area is 177 Å². The van der Waals surface area contributed by atoms with Crippen molar-refractivity contribution in [3.63, 3.8) is 0 Å². The van der Waals surface area contributed by atoms with Gasteiger partial charge in [-0.3, -0.25) is 9.69 Å². The monoisotopic (exact) mass is 410 g/mol. The third-order valence-electron chi connectivity index (χ3n) is 5.46. The number of amides is 3. The van der Waals surface area contributed by atoms with Crippen LogP contribution in [0, 0.1) is 6.92 Å². The number of urea groups is 1. The molecule has 2 aromatic carbocycles. The smallest absolute Gasteiger partial charge is 0.325 e. The second-order valence-corrected chi connectivity index (χ2v) is 9.08. The number of aryl methyl sites for hydroxylation is 1. The van der Waals surface area contributed by atoms with Crippen LogP contribution in [0.3, 0.4) is 0 Å². The molecule has 1 heterocycles. The van der Waals surface area contributed by atoms with Crippen molar-refractivity contribution >= 4 is 11.9 Å². The maximum atomic E-state index is 13.0. The molecule has 1 aliphatic rings. The summed E-state index contributed by atoms with van der Waals surface area (Å²) in [4.78, 5) is 26.4. The van der Waals surface area contributed by atoms with Gasteiger partial charge in [-0.05, 0) is 42.5 Å². The van der Waals surface area contributed by atoms with E-state index in [0.717, 1.165) is 10.5 Å². The Hall–Kier alpha value is -2.86. The van der Waals surface area contributed by atoms with Gasteiger partial charge in [0.2, 0.25) is 0 Å².